The van der Waals surface area contributed by atoms with Gasteiger partial charge in [-0.05, 0) is 6.07 Å². The molecular formula is C21H24ClN8O12P2+. The third-order valence-corrected chi connectivity index (χ3v) is 9.79. The molecule has 2 unspecified atom stereocenters. The Morgan fingerprint density at radius 1 is 1.07 bits per heavy atom. The average Bonchev–Trinajstić information content (AvgIpc) is 3.72. The molecular weight excluding hydrogens is 654 g/mol. The first kappa shape index (κ1) is 31.0. The van der Waals surface area contributed by atoms with E-state index in [1.165, 1.54) is 17.1 Å². The van der Waals surface area contributed by atoms with Crippen LogP contribution in [-0.4, -0.2) is 109 Å². The number of aliphatic hydroxyl groups excluding tert-OH is 3. The Balaban J connectivity index is 1.26. The number of nitrogens with one attached hydrogen (secondary N) is 1. The number of nitrogen functional groups attached to an aromatic ring is 1. The molecule has 8 N–H and O–H groups in total. The van der Waals surface area contributed by atoms with Crippen molar-refractivity contribution in [3.05, 3.63) is 40.4 Å². The van der Waals surface area contributed by atoms with E-state index < -0.39 is 83.3 Å². The number of aromatic nitrogens is 7. The summed E-state index contributed by atoms with van der Waals surface area (Å²) in [6.07, 6.45) is -6.69. The molecule has 0 bridgehead atoms. The Bertz CT molecular complexity index is 1840. The van der Waals surface area contributed by atoms with Crippen LogP contribution in [0.3, 0.4) is 0 Å². The quantitative estimate of drug-likeness (QED) is 0.0818. The summed E-state index contributed by atoms with van der Waals surface area (Å²) in [5.74, 6) is -0.301. The van der Waals surface area contributed by atoms with Gasteiger partial charge in [-0.2, -0.15) is 4.98 Å². The SMILES string of the molecule is Nc1nc2c(ncn2[C@@H]2O[C@H](CO[P+](=O)O)[C@@H](O)[C@H]2P(=O)(O)OC[C@H]2O[C@@H](n3ccc4c(Cl)ncnc43)[C@H](O)[C@@H]2O)c(=O)[nH]1. The van der Waals surface area contributed by atoms with E-state index in [4.69, 9.17) is 36.2 Å². The number of aliphatic hydroxyl groups is 3. The molecule has 4 aromatic rings. The van der Waals surface area contributed by atoms with Crippen LogP contribution in [0.5, 0.6) is 0 Å². The normalized spacial score (nSPS) is 30.7. The predicted molar refractivity (Wildman–Crippen MR) is 146 cm³/mol. The number of anilines is 1. The van der Waals surface area contributed by atoms with Crippen LogP contribution in [0.25, 0.3) is 22.2 Å². The lowest BCUT2D eigenvalue weighted by Gasteiger charge is -2.27. The van der Waals surface area contributed by atoms with Crippen LogP contribution < -0.4 is 11.3 Å². The molecule has 23 heteroatoms. The molecule has 0 amide bonds. The van der Waals surface area contributed by atoms with E-state index in [9.17, 15) is 34.1 Å². The van der Waals surface area contributed by atoms with Crippen LogP contribution in [-0.2, 0) is 27.7 Å². The van der Waals surface area contributed by atoms with Crippen LogP contribution in [0.15, 0.2) is 29.7 Å². The van der Waals surface area contributed by atoms with Crippen molar-refractivity contribution in [3.63, 3.8) is 0 Å². The fourth-order valence-corrected chi connectivity index (χ4v) is 7.34. The molecule has 6 heterocycles. The molecule has 6 rings (SSSR count). The minimum absolute atomic E-state index is 0.150. The number of nitrogens with two attached hydrogens (primary N) is 1. The van der Waals surface area contributed by atoms with Gasteiger partial charge in [0.2, 0.25) is 5.95 Å². The maximum absolute atomic E-state index is 13.7. The second-order valence-electron chi connectivity index (χ2n) is 9.89. The van der Waals surface area contributed by atoms with Crippen molar-refractivity contribution in [2.24, 2.45) is 0 Å². The first-order valence-electron chi connectivity index (χ1n) is 12.7. The number of nitrogens with zero attached hydrogens (tertiary/aromatic N) is 6. The van der Waals surface area contributed by atoms with Gasteiger partial charge in [-0.1, -0.05) is 11.6 Å². The van der Waals surface area contributed by atoms with Gasteiger partial charge in [0.25, 0.3) is 5.56 Å². The fourth-order valence-electron chi connectivity index (χ4n) is 5.23. The summed E-state index contributed by atoms with van der Waals surface area (Å²) in [5, 5.41) is 33.1. The standard InChI is InChI=1S/C21H23ClN8O12P2/c22-15-7-1-2-29(16(7)25-5-24-15)19-13(33)11(31)9(41-19)4-40-44(37,38)14-12(32)8(3-39-43(35)36)42-20(14)30-6-26-10-17(30)27-21(23)28-18(10)34/h1-2,5-6,8-9,11-14,19-20,31-33H,3-4H2,(H4-,23,27,28,34,35,36,37,38)/p+1/t8-,9-,11-,12-,13-,14-,19-,20-/m1/s1. The molecule has 2 fully saturated rings. The smallest absolute Gasteiger partial charge is 0.389 e. The number of hydrogen-bond donors (Lipinski definition) is 7. The molecule has 0 spiro atoms. The Morgan fingerprint density at radius 3 is 2.55 bits per heavy atom. The lowest BCUT2D eigenvalue weighted by atomic mass is 10.1. The van der Waals surface area contributed by atoms with Gasteiger partial charge in [-0.15, -0.1) is 9.42 Å². The van der Waals surface area contributed by atoms with Gasteiger partial charge in [0.15, 0.2) is 23.6 Å². The molecule has 0 aliphatic carbocycles. The first-order valence-corrected chi connectivity index (χ1v) is 15.8. The molecule has 236 valence electrons. The van der Waals surface area contributed by atoms with Crippen LogP contribution >= 0.6 is 27.5 Å². The molecule has 20 nitrogen and oxygen atoms in total. The van der Waals surface area contributed by atoms with E-state index in [2.05, 4.69) is 29.4 Å². The van der Waals surface area contributed by atoms with Gasteiger partial charge < -0.3 is 44.5 Å². The monoisotopic (exact) mass is 677 g/mol. The van der Waals surface area contributed by atoms with Crippen molar-refractivity contribution in [2.45, 2.75) is 48.6 Å². The van der Waals surface area contributed by atoms with E-state index in [0.717, 1.165) is 10.9 Å². The van der Waals surface area contributed by atoms with Crippen LogP contribution in [0.4, 0.5) is 5.95 Å². The molecule has 2 aliphatic heterocycles. The summed E-state index contributed by atoms with van der Waals surface area (Å²) >= 11 is 6.09. The Kier molecular flexibility index (Phi) is 8.29. The molecule has 10 atom stereocenters. The Hall–Kier alpha value is -2.97. The van der Waals surface area contributed by atoms with E-state index >= 15 is 0 Å². The van der Waals surface area contributed by atoms with Gasteiger partial charge in [0.1, 0.15) is 59.9 Å². The number of fused-ring (bicyclic) bond motifs is 2. The van der Waals surface area contributed by atoms with Crippen molar-refractivity contribution >= 4 is 55.6 Å². The van der Waals surface area contributed by atoms with E-state index in [0.29, 0.717) is 11.0 Å². The van der Waals surface area contributed by atoms with Crippen LogP contribution in [0.1, 0.15) is 12.5 Å². The highest BCUT2D eigenvalue weighted by Crippen LogP contribution is 2.57. The van der Waals surface area contributed by atoms with E-state index in [1.807, 2.05) is 0 Å². The number of imidazole rings is 1. The maximum atomic E-state index is 13.7. The fraction of sp³-hybridized carbons (Fsp3) is 0.476. The van der Waals surface area contributed by atoms with Gasteiger partial charge in [0, 0.05) is 10.8 Å². The van der Waals surface area contributed by atoms with Gasteiger partial charge in [-0.25, -0.2) is 15.0 Å². The number of rotatable bonds is 9. The second-order valence-corrected chi connectivity index (χ2v) is 13.0. The summed E-state index contributed by atoms with van der Waals surface area (Å²) in [6, 6.07) is 1.58. The van der Waals surface area contributed by atoms with Gasteiger partial charge in [-0.3, -0.25) is 18.9 Å². The lowest BCUT2D eigenvalue weighted by molar-refractivity contribution is -0.0492. The van der Waals surface area contributed by atoms with Crippen molar-refractivity contribution in [3.8, 4) is 0 Å². The average molecular weight is 678 g/mol. The highest BCUT2D eigenvalue weighted by Gasteiger charge is 2.56. The van der Waals surface area contributed by atoms with Crippen molar-refractivity contribution in [2.75, 3.05) is 18.9 Å². The molecule has 0 radical (unpaired) electrons. The van der Waals surface area contributed by atoms with Crippen molar-refractivity contribution in [1.29, 1.82) is 0 Å². The summed E-state index contributed by atoms with van der Waals surface area (Å²) in [7, 11) is -8.09. The first-order chi connectivity index (χ1) is 20.9. The molecule has 4 aromatic heterocycles. The van der Waals surface area contributed by atoms with E-state index in [1.54, 1.807) is 6.07 Å². The molecule has 44 heavy (non-hydrogen) atoms. The molecule has 0 saturated carbocycles. The largest absolute Gasteiger partial charge is 0.694 e. The highest BCUT2D eigenvalue weighted by molar-refractivity contribution is 7.53. The Labute approximate surface area is 250 Å². The number of aromatic amines is 1. The highest BCUT2D eigenvalue weighted by atomic mass is 35.5. The molecule has 2 saturated heterocycles. The Morgan fingerprint density at radius 2 is 1.80 bits per heavy atom. The minimum atomic E-state index is -4.98. The molecule has 2 aliphatic rings. The zero-order valence-electron chi connectivity index (χ0n) is 22.0. The topological polar surface area (TPSA) is 293 Å². The number of ether oxygens (including phenoxy) is 2. The van der Waals surface area contributed by atoms with Gasteiger partial charge >= 0.3 is 15.9 Å². The summed E-state index contributed by atoms with van der Waals surface area (Å²) < 4.78 is 48.8. The third kappa shape index (κ3) is 5.42. The summed E-state index contributed by atoms with van der Waals surface area (Å²) in [5.41, 5.74) is 3.06. The number of halogens is 1. The van der Waals surface area contributed by atoms with Crippen LogP contribution in [0.2, 0.25) is 5.15 Å². The zero-order valence-corrected chi connectivity index (χ0v) is 24.5. The van der Waals surface area contributed by atoms with Crippen molar-refractivity contribution < 1.29 is 52.8 Å². The lowest BCUT2D eigenvalue weighted by Crippen LogP contribution is -2.36. The van der Waals surface area contributed by atoms with Crippen molar-refractivity contribution in [1.82, 2.24) is 34.1 Å². The van der Waals surface area contributed by atoms with Crippen LogP contribution in [0, 0.1) is 0 Å². The predicted octanol–water partition coefficient (Wildman–Crippen LogP) is -1.09. The summed E-state index contributed by atoms with van der Waals surface area (Å²) in [6.45, 7) is -1.41. The summed E-state index contributed by atoms with van der Waals surface area (Å²) in [4.78, 5) is 50.7. The van der Waals surface area contributed by atoms with E-state index in [-0.39, 0.29) is 22.3 Å². The van der Waals surface area contributed by atoms with Gasteiger partial charge in [0.05, 0.1) is 18.3 Å². The number of H-pyrrole nitrogens is 1. The molecule has 0 aromatic carbocycles. The third-order valence-electron chi connectivity index (χ3n) is 7.28. The zero-order chi connectivity index (χ0) is 31.5. The number of hydrogen-bond acceptors (Lipinski definition) is 15. The minimum Gasteiger partial charge on any atom is -0.389 e. The maximum Gasteiger partial charge on any atom is 0.694 e. The second kappa shape index (κ2) is 11.8.